The van der Waals surface area contributed by atoms with Gasteiger partial charge in [0, 0.05) is 17.1 Å². The molecule has 2 atom stereocenters. The highest BCUT2D eigenvalue weighted by atomic mass is 32.2. The van der Waals surface area contributed by atoms with E-state index in [1.165, 1.54) is 17.0 Å². The number of benzene rings is 1. The number of hydrogen-bond donors (Lipinski definition) is 1. The Hall–Kier alpha value is -0.630. The summed E-state index contributed by atoms with van der Waals surface area (Å²) in [6.45, 7) is 3.46. The number of anilines is 1. The quantitative estimate of drug-likeness (QED) is 0.759. The Morgan fingerprint density at radius 2 is 2.00 bits per heavy atom. The molecular weight excluding hydrogens is 190 g/mol. The van der Waals surface area contributed by atoms with Gasteiger partial charge in [0.15, 0.2) is 0 Å². The van der Waals surface area contributed by atoms with Crippen LogP contribution in [0.25, 0.3) is 0 Å². The Kier molecular flexibility index (Phi) is 3.02. The molecule has 0 heterocycles. The van der Waals surface area contributed by atoms with E-state index in [2.05, 4.69) is 42.8 Å². The molecule has 1 aromatic carbocycles. The fourth-order valence-electron chi connectivity index (χ4n) is 1.64. The molecule has 0 saturated heterocycles. The molecule has 0 amide bonds. The van der Waals surface area contributed by atoms with Crippen molar-refractivity contribution in [3.05, 3.63) is 24.3 Å². The maximum atomic E-state index is 3.48. The molecule has 1 aliphatic carbocycles. The molecule has 0 aromatic heterocycles. The molecule has 2 heteroatoms. The van der Waals surface area contributed by atoms with Crippen molar-refractivity contribution in [2.24, 2.45) is 11.8 Å². The van der Waals surface area contributed by atoms with E-state index in [9.17, 15) is 0 Å². The van der Waals surface area contributed by atoms with Crippen LogP contribution in [0.5, 0.6) is 0 Å². The zero-order chi connectivity index (χ0) is 9.97. The monoisotopic (exact) mass is 207 g/mol. The molecule has 1 aliphatic rings. The van der Waals surface area contributed by atoms with Crippen molar-refractivity contribution in [3.63, 3.8) is 0 Å². The molecule has 76 valence electrons. The van der Waals surface area contributed by atoms with Crippen LogP contribution in [0.3, 0.4) is 0 Å². The highest BCUT2D eigenvalue weighted by Gasteiger charge is 2.31. The summed E-state index contributed by atoms with van der Waals surface area (Å²) in [5, 5.41) is 3.48. The van der Waals surface area contributed by atoms with Crippen molar-refractivity contribution in [3.8, 4) is 0 Å². The minimum atomic E-state index is 0.912. The van der Waals surface area contributed by atoms with E-state index in [1.54, 1.807) is 11.8 Å². The molecule has 1 fully saturated rings. The van der Waals surface area contributed by atoms with Gasteiger partial charge in [0.25, 0.3) is 0 Å². The van der Waals surface area contributed by atoms with E-state index < -0.39 is 0 Å². The van der Waals surface area contributed by atoms with E-state index in [-0.39, 0.29) is 0 Å². The summed E-state index contributed by atoms with van der Waals surface area (Å²) in [4.78, 5) is 1.33. The van der Waals surface area contributed by atoms with E-state index in [1.807, 2.05) is 0 Å². The van der Waals surface area contributed by atoms with Gasteiger partial charge < -0.3 is 5.32 Å². The zero-order valence-corrected chi connectivity index (χ0v) is 9.60. The largest absolute Gasteiger partial charge is 0.385 e. The first kappa shape index (κ1) is 9.91. The molecule has 0 radical (unpaired) electrons. The van der Waals surface area contributed by atoms with Gasteiger partial charge in [0.1, 0.15) is 0 Å². The molecule has 2 unspecified atom stereocenters. The predicted octanol–water partition coefficient (Wildman–Crippen LogP) is 3.48. The van der Waals surface area contributed by atoms with Crippen molar-refractivity contribution in [1.82, 2.24) is 0 Å². The van der Waals surface area contributed by atoms with Crippen LogP contribution in [0, 0.1) is 11.8 Å². The number of nitrogens with one attached hydrogen (secondary N) is 1. The minimum Gasteiger partial charge on any atom is -0.385 e. The van der Waals surface area contributed by atoms with Gasteiger partial charge in [-0.2, -0.15) is 0 Å². The van der Waals surface area contributed by atoms with E-state index >= 15 is 0 Å². The molecule has 1 aromatic rings. The number of rotatable bonds is 4. The Labute approximate surface area is 90.3 Å². The molecule has 0 spiro atoms. The van der Waals surface area contributed by atoms with Crippen molar-refractivity contribution >= 4 is 17.4 Å². The molecule has 1 saturated carbocycles. The third-order valence-corrected chi connectivity index (χ3v) is 3.68. The Bertz CT molecular complexity index is 294. The summed E-state index contributed by atoms with van der Waals surface area (Å²) in [7, 11) is 0. The van der Waals surface area contributed by atoms with Gasteiger partial charge in [-0.3, -0.25) is 0 Å². The molecule has 14 heavy (non-hydrogen) atoms. The first-order valence-electron chi connectivity index (χ1n) is 5.17. The third-order valence-electron chi connectivity index (χ3n) is 2.93. The fourth-order valence-corrected chi connectivity index (χ4v) is 2.05. The lowest BCUT2D eigenvalue weighted by Gasteiger charge is -2.05. The smallest absolute Gasteiger partial charge is 0.0341 e. The van der Waals surface area contributed by atoms with Crippen LogP contribution < -0.4 is 5.32 Å². The summed E-state index contributed by atoms with van der Waals surface area (Å²) in [5.41, 5.74) is 1.25. The molecule has 0 bridgehead atoms. The predicted molar refractivity (Wildman–Crippen MR) is 64.0 cm³/mol. The van der Waals surface area contributed by atoms with Gasteiger partial charge in [0.05, 0.1) is 0 Å². The van der Waals surface area contributed by atoms with Crippen LogP contribution >= 0.6 is 11.8 Å². The highest BCUT2D eigenvalue weighted by Crippen LogP contribution is 2.37. The van der Waals surface area contributed by atoms with Crippen molar-refractivity contribution in [1.29, 1.82) is 0 Å². The Balaban J connectivity index is 1.84. The van der Waals surface area contributed by atoms with Gasteiger partial charge in [0.2, 0.25) is 0 Å². The second-order valence-corrected chi connectivity index (χ2v) is 4.96. The van der Waals surface area contributed by atoms with Crippen LogP contribution in [0.15, 0.2) is 29.2 Å². The summed E-state index contributed by atoms with van der Waals surface area (Å²) in [5.74, 6) is 1.85. The van der Waals surface area contributed by atoms with Gasteiger partial charge in [-0.25, -0.2) is 0 Å². The van der Waals surface area contributed by atoms with Crippen molar-refractivity contribution in [2.75, 3.05) is 18.1 Å². The maximum absolute atomic E-state index is 3.48. The van der Waals surface area contributed by atoms with Crippen LogP contribution in [0.4, 0.5) is 5.69 Å². The van der Waals surface area contributed by atoms with Crippen LogP contribution in [-0.4, -0.2) is 12.8 Å². The lowest BCUT2D eigenvalue weighted by Crippen LogP contribution is -2.03. The lowest BCUT2D eigenvalue weighted by atomic mass is 10.3. The van der Waals surface area contributed by atoms with Gasteiger partial charge >= 0.3 is 0 Å². The summed E-state index contributed by atoms with van der Waals surface area (Å²) in [6, 6.07) is 8.67. The maximum Gasteiger partial charge on any atom is 0.0341 e. The average Bonchev–Trinajstić information content (AvgIpc) is 2.92. The van der Waals surface area contributed by atoms with Crippen LogP contribution in [0.1, 0.15) is 13.3 Å². The number of thioether (sulfide) groups is 1. The van der Waals surface area contributed by atoms with Crippen LogP contribution in [0.2, 0.25) is 0 Å². The van der Waals surface area contributed by atoms with Crippen LogP contribution in [-0.2, 0) is 0 Å². The number of hydrogen-bond acceptors (Lipinski definition) is 2. The van der Waals surface area contributed by atoms with E-state index in [0.29, 0.717) is 0 Å². The topological polar surface area (TPSA) is 12.0 Å². The second kappa shape index (κ2) is 4.26. The van der Waals surface area contributed by atoms with Gasteiger partial charge in [-0.1, -0.05) is 6.92 Å². The summed E-state index contributed by atoms with van der Waals surface area (Å²) >= 11 is 1.79. The second-order valence-electron chi connectivity index (χ2n) is 4.08. The lowest BCUT2D eigenvalue weighted by molar-refractivity contribution is 0.787. The molecular formula is C12H17NS. The highest BCUT2D eigenvalue weighted by molar-refractivity contribution is 7.98. The van der Waals surface area contributed by atoms with Gasteiger partial charge in [-0.15, -0.1) is 11.8 Å². The average molecular weight is 207 g/mol. The molecule has 1 N–H and O–H groups in total. The van der Waals surface area contributed by atoms with E-state index in [0.717, 1.165) is 18.4 Å². The summed E-state index contributed by atoms with van der Waals surface area (Å²) < 4.78 is 0. The van der Waals surface area contributed by atoms with Crippen molar-refractivity contribution < 1.29 is 0 Å². The Morgan fingerprint density at radius 1 is 1.36 bits per heavy atom. The standard InChI is InChI=1S/C12H17NS/c1-9-7-10(9)8-13-11-3-5-12(14-2)6-4-11/h3-6,9-10,13H,7-8H2,1-2H3. The van der Waals surface area contributed by atoms with Crippen molar-refractivity contribution in [2.45, 2.75) is 18.2 Å². The third kappa shape index (κ3) is 2.44. The Morgan fingerprint density at radius 3 is 2.50 bits per heavy atom. The first-order chi connectivity index (χ1) is 6.79. The SMILES string of the molecule is CSc1ccc(NCC2CC2C)cc1. The minimum absolute atomic E-state index is 0.912. The summed E-state index contributed by atoms with van der Waals surface area (Å²) in [6.07, 6.45) is 3.50. The molecule has 1 nitrogen and oxygen atoms in total. The zero-order valence-electron chi connectivity index (χ0n) is 8.79. The molecule has 0 aliphatic heterocycles. The van der Waals surface area contributed by atoms with Gasteiger partial charge in [-0.05, 0) is 48.8 Å². The first-order valence-corrected chi connectivity index (χ1v) is 6.40. The molecule has 2 rings (SSSR count). The normalized spacial score (nSPS) is 24.7. The fraction of sp³-hybridized carbons (Fsp3) is 0.500. The van der Waals surface area contributed by atoms with E-state index in [4.69, 9.17) is 0 Å².